The average molecular weight is 431 g/mol. The number of nitrogens with one attached hydrogen (secondary N) is 1. The van der Waals surface area contributed by atoms with Crippen LogP contribution in [0.1, 0.15) is 25.0 Å². The number of nitrogens with zero attached hydrogens (tertiary/aromatic N) is 3. The summed E-state index contributed by atoms with van der Waals surface area (Å²) in [5.41, 5.74) is 2.01. The van der Waals surface area contributed by atoms with Gasteiger partial charge in [0.1, 0.15) is 6.33 Å². The van der Waals surface area contributed by atoms with E-state index in [1.165, 1.54) is 11.8 Å². The maximum atomic E-state index is 12.1. The van der Waals surface area contributed by atoms with E-state index in [1.54, 1.807) is 12.4 Å². The molecule has 0 spiro atoms. The third kappa shape index (κ3) is 6.59. The van der Waals surface area contributed by atoms with Crippen LogP contribution in [-0.4, -0.2) is 39.6 Å². The minimum atomic E-state index is -0.0493. The highest BCUT2D eigenvalue weighted by atomic mass is 35.5. The summed E-state index contributed by atoms with van der Waals surface area (Å²) >= 11 is 7.37. The Kier molecular flexibility index (Phi) is 8.10. The standard InChI is InChI=1S/C21H23ClN4O2S/c1-16(17-7-3-2-4-8-17)28-12-6-11-23-20(27)14-29-21-25-24-15-26(21)19-10-5-9-18(22)13-19/h2-5,7-10,13,15-16H,6,11-12,14H2,1H3,(H,23,27). The lowest BCUT2D eigenvalue weighted by molar-refractivity contribution is -0.118. The van der Waals surface area contributed by atoms with E-state index >= 15 is 0 Å². The van der Waals surface area contributed by atoms with Crippen LogP contribution in [0.15, 0.2) is 66.1 Å². The van der Waals surface area contributed by atoms with Gasteiger partial charge in [-0.05, 0) is 37.1 Å². The average Bonchev–Trinajstić information content (AvgIpc) is 3.21. The van der Waals surface area contributed by atoms with Gasteiger partial charge in [0.25, 0.3) is 0 Å². The number of thioether (sulfide) groups is 1. The van der Waals surface area contributed by atoms with Crippen molar-refractivity contribution in [3.8, 4) is 5.69 Å². The number of amides is 1. The molecule has 0 saturated heterocycles. The van der Waals surface area contributed by atoms with Gasteiger partial charge in [0.2, 0.25) is 5.91 Å². The summed E-state index contributed by atoms with van der Waals surface area (Å²) in [6, 6.07) is 17.5. The Bertz CT molecular complexity index is 920. The summed E-state index contributed by atoms with van der Waals surface area (Å²) < 4.78 is 7.62. The number of halogens is 1. The molecule has 6 nitrogen and oxygen atoms in total. The van der Waals surface area contributed by atoms with Crippen LogP contribution < -0.4 is 5.32 Å². The maximum absolute atomic E-state index is 12.1. The normalized spacial score (nSPS) is 11.9. The van der Waals surface area contributed by atoms with Crippen LogP contribution in [0.3, 0.4) is 0 Å². The highest BCUT2D eigenvalue weighted by Gasteiger charge is 2.10. The largest absolute Gasteiger partial charge is 0.374 e. The van der Waals surface area contributed by atoms with Crippen LogP contribution in [-0.2, 0) is 9.53 Å². The molecule has 0 fully saturated rings. The molecule has 29 heavy (non-hydrogen) atoms. The fourth-order valence-corrected chi connectivity index (χ4v) is 3.63. The lowest BCUT2D eigenvalue weighted by Crippen LogP contribution is -2.27. The van der Waals surface area contributed by atoms with Gasteiger partial charge in [-0.15, -0.1) is 10.2 Å². The highest BCUT2D eigenvalue weighted by Crippen LogP contribution is 2.21. The summed E-state index contributed by atoms with van der Waals surface area (Å²) in [6.07, 6.45) is 2.41. The molecule has 0 saturated carbocycles. The van der Waals surface area contributed by atoms with Crippen molar-refractivity contribution in [2.24, 2.45) is 0 Å². The van der Waals surface area contributed by atoms with E-state index in [0.717, 1.165) is 17.7 Å². The molecule has 1 unspecified atom stereocenters. The monoisotopic (exact) mass is 430 g/mol. The van der Waals surface area contributed by atoms with Crippen molar-refractivity contribution in [2.45, 2.75) is 24.6 Å². The van der Waals surface area contributed by atoms with Gasteiger partial charge < -0.3 is 10.1 Å². The smallest absolute Gasteiger partial charge is 0.230 e. The van der Waals surface area contributed by atoms with E-state index in [0.29, 0.717) is 23.3 Å². The number of benzene rings is 2. The van der Waals surface area contributed by atoms with Crippen LogP contribution in [0.25, 0.3) is 5.69 Å². The van der Waals surface area contributed by atoms with Gasteiger partial charge in [0.05, 0.1) is 17.5 Å². The Morgan fingerprint density at radius 1 is 1.24 bits per heavy atom. The zero-order chi connectivity index (χ0) is 20.5. The van der Waals surface area contributed by atoms with Crippen LogP contribution in [0, 0.1) is 0 Å². The fourth-order valence-electron chi connectivity index (χ4n) is 2.69. The summed E-state index contributed by atoms with van der Waals surface area (Å²) in [6.45, 7) is 3.19. The molecular weight excluding hydrogens is 408 g/mol. The van der Waals surface area contributed by atoms with Crippen molar-refractivity contribution >= 4 is 29.3 Å². The van der Waals surface area contributed by atoms with Crippen LogP contribution >= 0.6 is 23.4 Å². The summed E-state index contributed by atoms with van der Waals surface area (Å²) in [4.78, 5) is 12.1. The SMILES string of the molecule is CC(OCCCNC(=O)CSc1nncn1-c1cccc(Cl)c1)c1ccccc1. The van der Waals surface area contributed by atoms with Crippen molar-refractivity contribution in [2.75, 3.05) is 18.9 Å². The van der Waals surface area contributed by atoms with E-state index in [1.807, 2.05) is 60.0 Å². The minimum Gasteiger partial charge on any atom is -0.374 e. The van der Waals surface area contributed by atoms with Gasteiger partial charge in [-0.3, -0.25) is 9.36 Å². The van der Waals surface area contributed by atoms with Crippen molar-refractivity contribution in [3.63, 3.8) is 0 Å². The number of carbonyl (C=O) groups excluding carboxylic acids is 1. The van der Waals surface area contributed by atoms with E-state index in [9.17, 15) is 4.79 Å². The fraction of sp³-hybridized carbons (Fsp3) is 0.286. The van der Waals surface area contributed by atoms with Crippen molar-refractivity contribution in [1.29, 1.82) is 0 Å². The minimum absolute atomic E-state index is 0.0420. The highest BCUT2D eigenvalue weighted by molar-refractivity contribution is 7.99. The van der Waals surface area contributed by atoms with Crippen LogP contribution in [0.2, 0.25) is 5.02 Å². The molecule has 1 aromatic heterocycles. The van der Waals surface area contributed by atoms with Gasteiger partial charge in [0, 0.05) is 18.2 Å². The Labute approximate surface area is 179 Å². The number of rotatable bonds is 10. The molecule has 0 aliphatic carbocycles. The molecule has 3 aromatic rings. The molecular formula is C21H23ClN4O2S. The first-order valence-corrected chi connectivity index (χ1v) is 10.7. The molecule has 1 amide bonds. The molecule has 1 atom stereocenters. The zero-order valence-corrected chi connectivity index (χ0v) is 17.7. The second kappa shape index (κ2) is 11.0. The number of aromatic nitrogens is 3. The number of hydrogen-bond acceptors (Lipinski definition) is 5. The van der Waals surface area contributed by atoms with E-state index < -0.39 is 0 Å². The lowest BCUT2D eigenvalue weighted by atomic mass is 10.1. The van der Waals surface area contributed by atoms with E-state index in [2.05, 4.69) is 15.5 Å². The van der Waals surface area contributed by atoms with Gasteiger partial charge in [-0.25, -0.2) is 0 Å². The Morgan fingerprint density at radius 2 is 2.07 bits per heavy atom. The van der Waals surface area contributed by atoms with Crippen molar-refractivity contribution in [1.82, 2.24) is 20.1 Å². The maximum Gasteiger partial charge on any atom is 0.230 e. The van der Waals surface area contributed by atoms with Gasteiger partial charge in [-0.1, -0.05) is 59.8 Å². The summed E-state index contributed by atoms with van der Waals surface area (Å²) in [7, 11) is 0. The lowest BCUT2D eigenvalue weighted by Gasteiger charge is -2.13. The quantitative estimate of drug-likeness (QED) is 0.383. The van der Waals surface area contributed by atoms with Gasteiger partial charge in [-0.2, -0.15) is 0 Å². The number of hydrogen-bond donors (Lipinski definition) is 1. The Hall–Kier alpha value is -2.35. The van der Waals surface area contributed by atoms with Crippen LogP contribution in [0.5, 0.6) is 0 Å². The third-order valence-corrected chi connectivity index (χ3v) is 5.39. The summed E-state index contributed by atoms with van der Waals surface area (Å²) in [5.74, 6) is 0.215. The topological polar surface area (TPSA) is 69.0 Å². The number of ether oxygens (including phenoxy) is 1. The molecule has 3 rings (SSSR count). The molecule has 1 heterocycles. The van der Waals surface area contributed by atoms with E-state index in [4.69, 9.17) is 16.3 Å². The first-order chi connectivity index (χ1) is 14.1. The first-order valence-electron chi connectivity index (χ1n) is 9.35. The molecule has 0 bridgehead atoms. The molecule has 152 valence electrons. The second-order valence-corrected chi connectivity index (χ2v) is 7.76. The van der Waals surface area contributed by atoms with E-state index in [-0.39, 0.29) is 17.8 Å². The molecule has 8 heteroatoms. The Morgan fingerprint density at radius 3 is 2.86 bits per heavy atom. The van der Waals surface area contributed by atoms with Gasteiger partial charge in [0.15, 0.2) is 5.16 Å². The Balaban J connectivity index is 1.36. The third-order valence-electron chi connectivity index (χ3n) is 4.22. The second-order valence-electron chi connectivity index (χ2n) is 6.38. The van der Waals surface area contributed by atoms with Crippen molar-refractivity contribution < 1.29 is 9.53 Å². The zero-order valence-electron chi connectivity index (χ0n) is 16.1. The van der Waals surface area contributed by atoms with Crippen LogP contribution in [0.4, 0.5) is 0 Å². The molecule has 2 aromatic carbocycles. The predicted octanol–water partition coefficient (Wildman–Crippen LogP) is 4.30. The predicted molar refractivity (Wildman–Crippen MR) is 116 cm³/mol. The number of carbonyl (C=O) groups is 1. The van der Waals surface area contributed by atoms with Gasteiger partial charge >= 0.3 is 0 Å². The molecule has 0 aliphatic rings. The molecule has 1 N–H and O–H groups in total. The summed E-state index contributed by atoms with van der Waals surface area (Å²) in [5, 5.41) is 12.2. The first kappa shape index (κ1) is 21.4. The van der Waals surface area contributed by atoms with Crippen molar-refractivity contribution in [3.05, 3.63) is 71.5 Å². The molecule has 0 aliphatic heterocycles. The molecule has 0 radical (unpaired) electrons.